The Morgan fingerprint density at radius 3 is 3.15 bits per heavy atom. The van der Waals surface area contributed by atoms with Crippen LogP contribution >= 0.6 is 11.3 Å². The maximum absolute atomic E-state index is 12.1. The molecule has 6 heteroatoms. The van der Waals surface area contributed by atoms with E-state index in [-0.39, 0.29) is 5.91 Å². The van der Waals surface area contributed by atoms with Gasteiger partial charge in [0.1, 0.15) is 0 Å². The van der Waals surface area contributed by atoms with E-state index in [0.29, 0.717) is 10.7 Å². The van der Waals surface area contributed by atoms with Crippen molar-refractivity contribution in [2.75, 3.05) is 5.32 Å². The highest BCUT2D eigenvalue weighted by atomic mass is 32.1. The van der Waals surface area contributed by atoms with Gasteiger partial charge in [0.05, 0.1) is 17.5 Å². The van der Waals surface area contributed by atoms with Crippen LogP contribution in [0.4, 0.5) is 5.13 Å². The van der Waals surface area contributed by atoms with Crippen LogP contribution in [-0.2, 0) is 19.9 Å². The molecule has 0 radical (unpaired) electrons. The zero-order valence-corrected chi connectivity index (χ0v) is 12.5. The molecule has 1 aliphatic rings. The SMILES string of the molecule is CC[C@H]1CCc2nc(NC(=O)c3cnn(C)c3)sc2C1. The fourth-order valence-corrected chi connectivity index (χ4v) is 3.67. The molecule has 2 heterocycles. The first-order valence-corrected chi connectivity index (χ1v) is 7.76. The molecule has 0 saturated carbocycles. The lowest BCUT2D eigenvalue weighted by atomic mass is 9.89. The van der Waals surface area contributed by atoms with E-state index in [1.165, 1.54) is 23.4 Å². The van der Waals surface area contributed by atoms with Crippen LogP contribution in [0.15, 0.2) is 12.4 Å². The average Bonchev–Trinajstić information content (AvgIpc) is 3.03. The number of aromatic nitrogens is 3. The van der Waals surface area contributed by atoms with Crippen molar-refractivity contribution in [2.24, 2.45) is 13.0 Å². The van der Waals surface area contributed by atoms with Crippen molar-refractivity contribution in [2.45, 2.75) is 32.6 Å². The quantitative estimate of drug-likeness (QED) is 0.945. The molecule has 0 aromatic carbocycles. The molecule has 106 valence electrons. The smallest absolute Gasteiger partial charge is 0.260 e. The lowest BCUT2D eigenvalue weighted by Gasteiger charge is -2.18. The topological polar surface area (TPSA) is 59.8 Å². The average molecular weight is 290 g/mol. The highest BCUT2D eigenvalue weighted by molar-refractivity contribution is 7.15. The Balaban J connectivity index is 1.73. The second-order valence-corrected chi connectivity index (χ2v) is 6.35. The molecule has 2 aromatic heterocycles. The number of hydrogen-bond acceptors (Lipinski definition) is 4. The first-order valence-electron chi connectivity index (χ1n) is 6.94. The van der Waals surface area contributed by atoms with Crippen molar-refractivity contribution < 1.29 is 4.79 Å². The molecule has 20 heavy (non-hydrogen) atoms. The summed E-state index contributed by atoms with van der Waals surface area (Å²) >= 11 is 1.61. The van der Waals surface area contributed by atoms with E-state index in [4.69, 9.17) is 0 Å². The van der Waals surface area contributed by atoms with Crippen LogP contribution in [0, 0.1) is 5.92 Å². The van der Waals surface area contributed by atoms with E-state index in [1.54, 1.807) is 35.5 Å². The third-order valence-electron chi connectivity index (χ3n) is 3.81. The first-order chi connectivity index (χ1) is 9.65. The van der Waals surface area contributed by atoms with Gasteiger partial charge in [0.25, 0.3) is 5.91 Å². The summed E-state index contributed by atoms with van der Waals surface area (Å²) in [5.41, 5.74) is 1.73. The molecule has 0 spiro atoms. The summed E-state index contributed by atoms with van der Waals surface area (Å²) < 4.78 is 1.62. The van der Waals surface area contributed by atoms with Crippen molar-refractivity contribution in [1.29, 1.82) is 0 Å². The minimum absolute atomic E-state index is 0.142. The molecule has 2 aromatic rings. The first kappa shape index (κ1) is 13.3. The normalized spacial score (nSPS) is 17.8. The van der Waals surface area contributed by atoms with Crippen molar-refractivity contribution in [3.8, 4) is 0 Å². The van der Waals surface area contributed by atoms with Crippen LogP contribution < -0.4 is 5.32 Å². The Hall–Kier alpha value is -1.69. The number of fused-ring (bicyclic) bond motifs is 1. The highest BCUT2D eigenvalue weighted by Gasteiger charge is 2.22. The molecule has 1 atom stereocenters. The van der Waals surface area contributed by atoms with Gasteiger partial charge in [-0.05, 0) is 25.2 Å². The summed E-state index contributed by atoms with van der Waals surface area (Å²) in [4.78, 5) is 18.0. The van der Waals surface area contributed by atoms with Crippen LogP contribution in [0.1, 0.15) is 40.7 Å². The number of rotatable bonds is 3. The number of nitrogens with one attached hydrogen (secondary N) is 1. The predicted octanol–water partition coefficient (Wildman–Crippen LogP) is 2.64. The van der Waals surface area contributed by atoms with E-state index >= 15 is 0 Å². The number of thiazole rings is 1. The van der Waals surface area contributed by atoms with E-state index in [1.807, 2.05) is 0 Å². The van der Waals surface area contributed by atoms with Gasteiger partial charge in [-0.2, -0.15) is 5.10 Å². The number of anilines is 1. The second-order valence-electron chi connectivity index (χ2n) is 5.26. The molecule has 1 aliphatic carbocycles. The van der Waals surface area contributed by atoms with E-state index in [2.05, 4.69) is 22.3 Å². The van der Waals surface area contributed by atoms with Gasteiger partial charge in [0, 0.05) is 18.1 Å². The van der Waals surface area contributed by atoms with Gasteiger partial charge in [-0.3, -0.25) is 14.8 Å². The Morgan fingerprint density at radius 1 is 1.60 bits per heavy atom. The van der Waals surface area contributed by atoms with E-state index in [0.717, 1.165) is 18.8 Å². The summed E-state index contributed by atoms with van der Waals surface area (Å²) in [6, 6.07) is 0. The van der Waals surface area contributed by atoms with Gasteiger partial charge >= 0.3 is 0 Å². The van der Waals surface area contributed by atoms with Gasteiger partial charge in [-0.15, -0.1) is 11.3 Å². The summed E-state index contributed by atoms with van der Waals surface area (Å²) in [6.45, 7) is 2.24. The molecule has 0 fully saturated rings. The standard InChI is InChI=1S/C14H18N4OS/c1-3-9-4-5-11-12(6-9)20-14(16-11)17-13(19)10-7-15-18(2)8-10/h7-9H,3-6H2,1-2H3,(H,16,17,19)/t9-/m0/s1. The minimum Gasteiger partial charge on any atom is -0.298 e. The van der Waals surface area contributed by atoms with Crippen molar-refractivity contribution in [3.63, 3.8) is 0 Å². The van der Waals surface area contributed by atoms with Gasteiger partial charge < -0.3 is 0 Å². The molecule has 0 bridgehead atoms. The Kier molecular flexibility index (Phi) is 3.56. The van der Waals surface area contributed by atoms with Crippen LogP contribution in [0.3, 0.4) is 0 Å². The predicted molar refractivity (Wildman–Crippen MR) is 79.1 cm³/mol. The number of nitrogens with zero attached hydrogens (tertiary/aromatic N) is 3. The summed E-state index contributed by atoms with van der Waals surface area (Å²) in [5, 5.41) is 7.59. The third-order valence-corrected chi connectivity index (χ3v) is 4.84. The second kappa shape index (κ2) is 5.36. The van der Waals surface area contributed by atoms with Gasteiger partial charge in [-0.1, -0.05) is 13.3 Å². The maximum Gasteiger partial charge on any atom is 0.260 e. The van der Waals surface area contributed by atoms with Crippen LogP contribution in [0.2, 0.25) is 0 Å². The lowest BCUT2D eigenvalue weighted by molar-refractivity contribution is 0.102. The molecular weight excluding hydrogens is 272 g/mol. The zero-order valence-electron chi connectivity index (χ0n) is 11.7. The highest BCUT2D eigenvalue weighted by Crippen LogP contribution is 2.33. The largest absolute Gasteiger partial charge is 0.298 e. The minimum atomic E-state index is -0.142. The Labute approximate surface area is 122 Å². The molecular formula is C14H18N4OS. The summed E-state index contributed by atoms with van der Waals surface area (Å²) in [7, 11) is 1.80. The number of carbonyl (C=O) groups excluding carboxylic acids is 1. The fraction of sp³-hybridized carbons (Fsp3) is 0.500. The zero-order chi connectivity index (χ0) is 14.1. The molecule has 1 amide bonds. The van der Waals surface area contributed by atoms with Crippen molar-refractivity contribution in [3.05, 3.63) is 28.5 Å². The maximum atomic E-state index is 12.1. The number of carbonyl (C=O) groups is 1. The van der Waals surface area contributed by atoms with Crippen molar-refractivity contribution >= 4 is 22.4 Å². The number of aryl methyl sites for hydroxylation is 2. The van der Waals surface area contributed by atoms with Crippen LogP contribution in [0.5, 0.6) is 0 Å². The molecule has 3 rings (SSSR count). The number of hydrogen-bond donors (Lipinski definition) is 1. The molecule has 0 aliphatic heterocycles. The molecule has 5 nitrogen and oxygen atoms in total. The summed E-state index contributed by atoms with van der Waals surface area (Å²) in [6.07, 6.45) is 7.84. The van der Waals surface area contributed by atoms with Crippen LogP contribution in [-0.4, -0.2) is 20.7 Å². The van der Waals surface area contributed by atoms with E-state index in [9.17, 15) is 4.79 Å². The van der Waals surface area contributed by atoms with E-state index < -0.39 is 0 Å². The Bertz CT molecular complexity index is 631. The molecule has 0 unspecified atom stereocenters. The van der Waals surface area contributed by atoms with Gasteiger partial charge in [-0.25, -0.2) is 4.98 Å². The molecule has 0 saturated heterocycles. The number of amides is 1. The van der Waals surface area contributed by atoms with Gasteiger partial charge in [0.15, 0.2) is 5.13 Å². The van der Waals surface area contributed by atoms with Crippen molar-refractivity contribution in [1.82, 2.24) is 14.8 Å². The lowest BCUT2D eigenvalue weighted by Crippen LogP contribution is -2.12. The summed E-state index contributed by atoms with van der Waals surface area (Å²) in [5.74, 6) is 0.626. The molecule has 1 N–H and O–H groups in total. The fourth-order valence-electron chi connectivity index (χ4n) is 2.55. The third kappa shape index (κ3) is 2.60. The monoisotopic (exact) mass is 290 g/mol. The Morgan fingerprint density at radius 2 is 2.45 bits per heavy atom. The van der Waals surface area contributed by atoms with Crippen LogP contribution in [0.25, 0.3) is 0 Å². The van der Waals surface area contributed by atoms with Gasteiger partial charge in [0.2, 0.25) is 0 Å².